The SMILES string of the molecule is CC(C)c1cnc(OCP(C)(C)=O)c(F)c1. The third-order valence-corrected chi connectivity index (χ3v) is 2.76. The van der Waals surface area contributed by atoms with Crippen molar-refractivity contribution in [1.29, 1.82) is 0 Å². The second-order valence-corrected chi connectivity index (χ2v) is 7.96. The van der Waals surface area contributed by atoms with E-state index in [1.54, 1.807) is 19.5 Å². The van der Waals surface area contributed by atoms with E-state index in [1.807, 2.05) is 13.8 Å². The van der Waals surface area contributed by atoms with E-state index in [1.165, 1.54) is 6.07 Å². The van der Waals surface area contributed by atoms with Crippen LogP contribution in [0.4, 0.5) is 4.39 Å². The Morgan fingerprint density at radius 2 is 2.12 bits per heavy atom. The Bertz CT molecular complexity index is 414. The molecule has 0 aromatic carbocycles. The van der Waals surface area contributed by atoms with Crippen LogP contribution in [0.1, 0.15) is 25.3 Å². The summed E-state index contributed by atoms with van der Waals surface area (Å²) in [6.45, 7) is 7.10. The number of hydrogen-bond donors (Lipinski definition) is 0. The van der Waals surface area contributed by atoms with Gasteiger partial charge in [0.15, 0.2) is 5.82 Å². The largest absolute Gasteiger partial charge is 0.468 e. The number of nitrogens with zero attached hydrogens (tertiary/aromatic N) is 1. The molecule has 1 rings (SSSR count). The fraction of sp³-hybridized carbons (Fsp3) is 0.545. The molecule has 0 saturated carbocycles. The Hall–Kier alpha value is -0.890. The summed E-state index contributed by atoms with van der Waals surface area (Å²) in [7, 11) is -2.31. The second-order valence-electron chi connectivity index (χ2n) is 4.56. The molecule has 0 spiro atoms. The summed E-state index contributed by atoms with van der Waals surface area (Å²) >= 11 is 0. The topological polar surface area (TPSA) is 39.2 Å². The summed E-state index contributed by atoms with van der Waals surface area (Å²) < 4.78 is 30.0. The number of aromatic nitrogens is 1. The van der Waals surface area contributed by atoms with Gasteiger partial charge in [-0.1, -0.05) is 13.8 Å². The maximum atomic E-state index is 13.5. The lowest BCUT2D eigenvalue weighted by molar-refractivity contribution is 0.340. The Morgan fingerprint density at radius 3 is 2.56 bits per heavy atom. The average Bonchev–Trinajstić information content (AvgIpc) is 2.14. The van der Waals surface area contributed by atoms with Gasteiger partial charge in [0.1, 0.15) is 13.5 Å². The summed E-state index contributed by atoms with van der Waals surface area (Å²) in [4.78, 5) is 3.88. The van der Waals surface area contributed by atoms with Gasteiger partial charge >= 0.3 is 0 Å². The average molecular weight is 245 g/mol. The van der Waals surface area contributed by atoms with Crippen molar-refractivity contribution in [3.05, 3.63) is 23.6 Å². The van der Waals surface area contributed by atoms with Crippen molar-refractivity contribution >= 4 is 7.14 Å². The predicted octanol–water partition coefficient (Wildman–Crippen LogP) is 3.30. The van der Waals surface area contributed by atoms with Crippen molar-refractivity contribution in [2.45, 2.75) is 19.8 Å². The van der Waals surface area contributed by atoms with Crippen molar-refractivity contribution in [2.24, 2.45) is 0 Å². The maximum absolute atomic E-state index is 13.5. The van der Waals surface area contributed by atoms with Gasteiger partial charge in [-0.2, -0.15) is 0 Å². The molecule has 90 valence electrons. The highest BCUT2D eigenvalue weighted by atomic mass is 31.2. The molecule has 0 saturated heterocycles. The fourth-order valence-electron chi connectivity index (χ4n) is 1.08. The van der Waals surface area contributed by atoms with E-state index in [0.717, 1.165) is 5.56 Å². The Balaban J connectivity index is 2.80. The smallest absolute Gasteiger partial charge is 0.250 e. The second kappa shape index (κ2) is 4.96. The number of rotatable bonds is 4. The van der Waals surface area contributed by atoms with Crippen LogP contribution in [0.5, 0.6) is 5.88 Å². The lowest BCUT2D eigenvalue weighted by atomic mass is 10.1. The van der Waals surface area contributed by atoms with Crippen LogP contribution in [0.25, 0.3) is 0 Å². The lowest BCUT2D eigenvalue weighted by Gasteiger charge is -2.11. The molecule has 1 aromatic rings. The minimum absolute atomic E-state index is 0.0119. The van der Waals surface area contributed by atoms with E-state index in [-0.39, 0.29) is 18.1 Å². The molecule has 0 aliphatic rings. The van der Waals surface area contributed by atoms with Crippen LogP contribution in [0.15, 0.2) is 12.3 Å². The first-order valence-electron chi connectivity index (χ1n) is 5.12. The molecule has 0 aliphatic heterocycles. The van der Waals surface area contributed by atoms with E-state index in [2.05, 4.69) is 4.98 Å². The first kappa shape index (κ1) is 13.2. The van der Waals surface area contributed by atoms with Gasteiger partial charge in [-0.25, -0.2) is 9.37 Å². The van der Waals surface area contributed by atoms with Crippen molar-refractivity contribution in [3.8, 4) is 5.88 Å². The van der Waals surface area contributed by atoms with Crippen LogP contribution >= 0.6 is 7.14 Å². The molecular formula is C11H17FNO2P. The minimum Gasteiger partial charge on any atom is -0.468 e. The van der Waals surface area contributed by atoms with E-state index >= 15 is 0 Å². The minimum atomic E-state index is -2.31. The molecule has 1 aromatic heterocycles. The third-order valence-electron chi connectivity index (χ3n) is 2.01. The predicted molar refractivity (Wildman–Crippen MR) is 63.2 cm³/mol. The van der Waals surface area contributed by atoms with Gasteiger partial charge in [0, 0.05) is 6.20 Å². The van der Waals surface area contributed by atoms with Crippen LogP contribution in [-0.2, 0) is 4.57 Å². The quantitative estimate of drug-likeness (QED) is 0.764. The van der Waals surface area contributed by atoms with Gasteiger partial charge in [-0.3, -0.25) is 0 Å². The molecule has 0 bridgehead atoms. The van der Waals surface area contributed by atoms with Gasteiger partial charge < -0.3 is 9.30 Å². The van der Waals surface area contributed by atoms with E-state index in [9.17, 15) is 8.96 Å². The Labute approximate surface area is 95.4 Å². The summed E-state index contributed by atoms with van der Waals surface area (Å²) in [5.74, 6) is -0.354. The highest BCUT2D eigenvalue weighted by Crippen LogP contribution is 2.36. The normalized spacial score (nSPS) is 11.9. The van der Waals surface area contributed by atoms with Crippen LogP contribution in [0, 0.1) is 5.82 Å². The van der Waals surface area contributed by atoms with Gasteiger partial charge in [0.05, 0.1) is 0 Å². The van der Waals surface area contributed by atoms with Crippen LogP contribution in [0.3, 0.4) is 0 Å². The standard InChI is InChI=1S/C11H17FNO2P/c1-8(2)9-5-10(12)11(13-6-9)15-7-16(3,4)14/h5-6,8H,7H2,1-4H3. The molecule has 0 aliphatic carbocycles. The summed E-state index contributed by atoms with van der Waals surface area (Å²) in [6.07, 6.45) is 1.59. The molecule has 1 heterocycles. The summed E-state index contributed by atoms with van der Waals surface area (Å²) in [6, 6.07) is 1.41. The van der Waals surface area contributed by atoms with Crippen LogP contribution in [0.2, 0.25) is 0 Å². The van der Waals surface area contributed by atoms with E-state index in [4.69, 9.17) is 4.74 Å². The summed E-state index contributed by atoms with van der Waals surface area (Å²) in [5, 5.41) is 0. The molecule has 0 amide bonds. The Morgan fingerprint density at radius 1 is 1.50 bits per heavy atom. The highest BCUT2D eigenvalue weighted by Gasteiger charge is 2.13. The zero-order chi connectivity index (χ0) is 12.3. The number of halogens is 1. The van der Waals surface area contributed by atoms with Crippen LogP contribution < -0.4 is 4.74 Å². The zero-order valence-electron chi connectivity index (χ0n) is 10.0. The monoisotopic (exact) mass is 245 g/mol. The summed E-state index contributed by atoms with van der Waals surface area (Å²) in [5.41, 5.74) is 0.820. The maximum Gasteiger partial charge on any atom is 0.250 e. The van der Waals surface area contributed by atoms with Crippen molar-refractivity contribution < 1.29 is 13.7 Å². The molecule has 3 nitrogen and oxygen atoms in total. The Kier molecular flexibility index (Phi) is 4.09. The molecule has 5 heteroatoms. The van der Waals surface area contributed by atoms with Gasteiger partial charge in [-0.15, -0.1) is 0 Å². The van der Waals surface area contributed by atoms with E-state index in [0.29, 0.717) is 0 Å². The number of pyridine rings is 1. The zero-order valence-corrected chi connectivity index (χ0v) is 10.9. The molecule has 0 atom stereocenters. The van der Waals surface area contributed by atoms with Gasteiger partial charge in [0.2, 0.25) is 0 Å². The molecule has 0 unspecified atom stereocenters. The van der Waals surface area contributed by atoms with Crippen LogP contribution in [-0.4, -0.2) is 24.7 Å². The van der Waals surface area contributed by atoms with Crippen molar-refractivity contribution in [2.75, 3.05) is 19.7 Å². The molecular weight excluding hydrogens is 228 g/mol. The van der Waals surface area contributed by atoms with Gasteiger partial charge in [0.25, 0.3) is 5.88 Å². The third kappa shape index (κ3) is 3.93. The van der Waals surface area contributed by atoms with Crippen molar-refractivity contribution in [3.63, 3.8) is 0 Å². The number of ether oxygens (including phenoxy) is 1. The first-order chi connectivity index (χ1) is 7.29. The number of hydrogen-bond acceptors (Lipinski definition) is 3. The lowest BCUT2D eigenvalue weighted by Crippen LogP contribution is -2.02. The highest BCUT2D eigenvalue weighted by molar-refractivity contribution is 7.62. The first-order valence-corrected chi connectivity index (χ1v) is 7.90. The molecule has 0 radical (unpaired) electrons. The van der Waals surface area contributed by atoms with Crippen molar-refractivity contribution in [1.82, 2.24) is 4.98 Å². The molecule has 16 heavy (non-hydrogen) atoms. The fourth-order valence-corrected chi connectivity index (χ4v) is 1.51. The molecule has 0 N–H and O–H groups in total. The molecule has 0 fully saturated rings. The van der Waals surface area contributed by atoms with Gasteiger partial charge in [-0.05, 0) is 30.9 Å². The van der Waals surface area contributed by atoms with E-state index < -0.39 is 13.0 Å².